The maximum atomic E-state index is 12.2. The third kappa shape index (κ3) is 5.04. The average molecular weight is 362 g/mol. The van der Waals surface area contributed by atoms with E-state index >= 15 is 0 Å². The van der Waals surface area contributed by atoms with Gasteiger partial charge in [0.2, 0.25) is 0 Å². The lowest BCUT2D eigenvalue weighted by molar-refractivity contribution is 0.0949. The molecule has 1 amide bonds. The van der Waals surface area contributed by atoms with Crippen molar-refractivity contribution in [1.29, 1.82) is 0 Å². The Morgan fingerprint density at radius 1 is 1.07 bits per heavy atom. The third-order valence-electron chi connectivity index (χ3n) is 4.13. The maximum Gasteiger partial charge on any atom is 0.271 e. The van der Waals surface area contributed by atoms with Crippen molar-refractivity contribution in [1.82, 2.24) is 15.3 Å². The summed E-state index contributed by atoms with van der Waals surface area (Å²) in [7, 11) is 1.64. The Bertz CT molecular complexity index is 910. The number of carbonyl (C=O) groups is 1. The van der Waals surface area contributed by atoms with Crippen LogP contribution in [0.15, 0.2) is 60.9 Å². The van der Waals surface area contributed by atoms with Crippen molar-refractivity contribution in [3.63, 3.8) is 0 Å². The number of aromatic nitrogens is 2. The molecule has 6 nitrogen and oxygen atoms in total. The summed E-state index contributed by atoms with van der Waals surface area (Å²) in [5.41, 5.74) is 3.45. The van der Waals surface area contributed by atoms with E-state index in [0.29, 0.717) is 18.8 Å². The Morgan fingerprint density at radius 2 is 1.93 bits per heavy atom. The molecule has 0 aliphatic carbocycles. The molecule has 1 heterocycles. The Kier molecular flexibility index (Phi) is 5.99. The summed E-state index contributed by atoms with van der Waals surface area (Å²) in [6.07, 6.45) is 3.74. The largest absolute Gasteiger partial charge is 0.497 e. The highest BCUT2D eigenvalue weighted by molar-refractivity contribution is 5.92. The molecule has 1 aromatic heterocycles. The molecule has 6 heteroatoms. The molecule has 0 fully saturated rings. The van der Waals surface area contributed by atoms with Crippen molar-refractivity contribution in [2.45, 2.75) is 13.3 Å². The highest BCUT2D eigenvalue weighted by Gasteiger charge is 2.08. The van der Waals surface area contributed by atoms with Crippen LogP contribution in [0.2, 0.25) is 0 Å². The lowest BCUT2D eigenvalue weighted by Gasteiger charge is -2.09. The predicted octanol–water partition coefficient (Wildman–Crippen LogP) is 3.51. The lowest BCUT2D eigenvalue weighted by atomic mass is 10.1. The van der Waals surface area contributed by atoms with Crippen LogP contribution in [0.5, 0.6) is 5.75 Å². The molecule has 3 rings (SSSR count). The molecule has 2 aromatic carbocycles. The minimum Gasteiger partial charge on any atom is -0.497 e. The van der Waals surface area contributed by atoms with Crippen LogP contribution in [0.3, 0.4) is 0 Å². The summed E-state index contributed by atoms with van der Waals surface area (Å²) in [6, 6.07) is 15.7. The molecule has 0 radical (unpaired) electrons. The molecule has 0 saturated heterocycles. The van der Waals surface area contributed by atoms with Gasteiger partial charge in [-0.15, -0.1) is 0 Å². The molecule has 2 N–H and O–H groups in total. The molecule has 138 valence electrons. The van der Waals surface area contributed by atoms with Gasteiger partial charge in [0.15, 0.2) is 0 Å². The number of nitrogens with zero attached hydrogens (tertiary/aromatic N) is 2. The fraction of sp³-hybridized carbons (Fsp3) is 0.190. The summed E-state index contributed by atoms with van der Waals surface area (Å²) in [6.45, 7) is 2.52. The number of benzene rings is 2. The van der Waals surface area contributed by atoms with Crippen molar-refractivity contribution in [3.05, 3.63) is 77.7 Å². The van der Waals surface area contributed by atoms with Gasteiger partial charge in [-0.25, -0.2) is 9.97 Å². The van der Waals surface area contributed by atoms with Gasteiger partial charge in [-0.05, 0) is 42.7 Å². The van der Waals surface area contributed by atoms with E-state index in [4.69, 9.17) is 4.74 Å². The van der Waals surface area contributed by atoms with Crippen LogP contribution >= 0.6 is 0 Å². The SMILES string of the molecule is COc1cccc(CCNC(=O)c2cnc(Nc3ccccc3C)cn2)c1. The van der Waals surface area contributed by atoms with Gasteiger partial charge in [0.25, 0.3) is 5.91 Å². The van der Waals surface area contributed by atoms with Gasteiger partial charge in [0.1, 0.15) is 17.3 Å². The zero-order chi connectivity index (χ0) is 19.1. The molecule has 27 heavy (non-hydrogen) atoms. The second kappa shape index (κ2) is 8.80. The second-order valence-electron chi connectivity index (χ2n) is 6.08. The van der Waals surface area contributed by atoms with Gasteiger partial charge >= 0.3 is 0 Å². The summed E-state index contributed by atoms with van der Waals surface area (Å²) < 4.78 is 5.20. The quantitative estimate of drug-likeness (QED) is 0.673. The number of methoxy groups -OCH3 is 1. The smallest absolute Gasteiger partial charge is 0.271 e. The van der Waals surface area contributed by atoms with E-state index in [9.17, 15) is 4.79 Å². The summed E-state index contributed by atoms with van der Waals surface area (Å²) in [5.74, 6) is 1.16. The number of hydrogen-bond donors (Lipinski definition) is 2. The molecule has 0 saturated carbocycles. The van der Waals surface area contributed by atoms with E-state index in [1.54, 1.807) is 13.3 Å². The molecule has 0 bridgehead atoms. The number of hydrogen-bond acceptors (Lipinski definition) is 5. The van der Waals surface area contributed by atoms with Gasteiger partial charge in [-0.2, -0.15) is 0 Å². The molecule has 0 unspecified atom stereocenters. The fourth-order valence-electron chi connectivity index (χ4n) is 2.60. The number of aryl methyl sites for hydroxylation is 1. The molecule has 0 spiro atoms. The summed E-state index contributed by atoms with van der Waals surface area (Å²) in [5, 5.41) is 6.06. The Morgan fingerprint density at radius 3 is 2.67 bits per heavy atom. The predicted molar refractivity (Wildman–Crippen MR) is 106 cm³/mol. The highest BCUT2D eigenvalue weighted by Crippen LogP contribution is 2.17. The van der Waals surface area contributed by atoms with E-state index in [1.165, 1.54) is 6.20 Å². The first kappa shape index (κ1) is 18.4. The number of ether oxygens (including phenoxy) is 1. The number of carbonyl (C=O) groups excluding carboxylic acids is 1. The van der Waals surface area contributed by atoms with Gasteiger partial charge in [-0.3, -0.25) is 4.79 Å². The maximum absolute atomic E-state index is 12.2. The highest BCUT2D eigenvalue weighted by atomic mass is 16.5. The van der Waals surface area contributed by atoms with Crippen LogP contribution in [-0.4, -0.2) is 29.5 Å². The van der Waals surface area contributed by atoms with E-state index in [-0.39, 0.29) is 11.6 Å². The Balaban J connectivity index is 1.53. The molecule has 3 aromatic rings. The van der Waals surface area contributed by atoms with Crippen LogP contribution in [0.4, 0.5) is 11.5 Å². The molecular formula is C21H22N4O2. The van der Waals surface area contributed by atoms with Crippen LogP contribution in [0.1, 0.15) is 21.6 Å². The van der Waals surface area contributed by atoms with Gasteiger partial charge in [0, 0.05) is 12.2 Å². The van der Waals surface area contributed by atoms with Gasteiger partial charge < -0.3 is 15.4 Å². The first-order valence-electron chi connectivity index (χ1n) is 8.71. The minimum absolute atomic E-state index is 0.243. The molecule has 0 aliphatic rings. The van der Waals surface area contributed by atoms with E-state index in [0.717, 1.165) is 22.6 Å². The lowest BCUT2D eigenvalue weighted by Crippen LogP contribution is -2.26. The van der Waals surface area contributed by atoms with Crippen LogP contribution < -0.4 is 15.4 Å². The Labute approximate surface area is 158 Å². The van der Waals surface area contributed by atoms with Crippen molar-refractivity contribution in [2.75, 3.05) is 19.0 Å². The summed E-state index contributed by atoms with van der Waals surface area (Å²) >= 11 is 0. The van der Waals surface area contributed by atoms with Crippen LogP contribution in [-0.2, 0) is 6.42 Å². The van der Waals surface area contributed by atoms with E-state index in [2.05, 4.69) is 20.6 Å². The number of para-hydroxylation sites is 1. The van der Waals surface area contributed by atoms with Crippen LogP contribution in [0, 0.1) is 6.92 Å². The van der Waals surface area contributed by atoms with Crippen molar-refractivity contribution in [3.8, 4) is 5.75 Å². The monoisotopic (exact) mass is 362 g/mol. The second-order valence-corrected chi connectivity index (χ2v) is 6.08. The minimum atomic E-state index is -0.243. The topological polar surface area (TPSA) is 76.1 Å². The summed E-state index contributed by atoms with van der Waals surface area (Å²) in [4.78, 5) is 20.7. The van der Waals surface area contributed by atoms with E-state index < -0.39 is 0 Å². The van der Waals surface area contributed by atoms with Crippen molar-refractivity contribution in [2.24, 2.45) is 0 Å². The number of rotatable bonds is 7. The zero-order valence-electron chi connectivity index (χ0n) is 15.4. The normalized spacial score (nSPS) is 10.3. The standard InChI is InChI=1S/C21H22N4O2/c1-15-6-3-4-9-18(15)25-20-14-23-19(13-24-20)21(26)22-11-10-16-7-5-8-17(12-16)27-2/h3-9,12-14H,10-11H2,1-2H3,(H,22,26)(H,24,25). The van der Waals surface area contributed by atoms with Gasteiger partial charge in [-0.1, -0.05) is 30.3 Å². The molecule has 0 aliphatic heterocycles. The first-order chi connectivity index (χ1) is 13.2. The van der Waals surface area contributed by atoms with E-state index in [1.807, 2.05) is 55.5 Å². The Hall–Kier alpha value is -3.41. The fourth-order valence-corrected chi connectivity index (χ4v) is 2.60. The number of anilines is 2. The zero-order valence-corrected chi connectivity index (χ0v) is 15.4. The molecular weight excluding hydrogens is 340 g/mol. The third-order valence-corrected chi connectivity index (χ3v) is 4.13. The molecule has 0 atom stereocenters. The van der Waals surface area contributed by atoms with Crippen LogP contribution in [0.25, 0.3) is 0 Å². The number of nitrogens with one attached hydrogen (secondary N) is 2. The first-order valence-corrected chi connectivity index (χ1v) is 8.71. The number of amides is 1. The average Bonchev–Trinajstić information content (AvgIpc) is 2.70. The van der Waals surface area contributed by atoms with Crippen molar-refractivity contribution >= 4 is 17.4 Å². The van der Waals surface area contributed by atoms with Gasteiger partial charge in [0.05, 0.1) is 19.5 Å². The van der Waals surface area contributed by atoms with Crippen molar-refractivity contribution < 1.29 is 9.53 Å².